The van der Waals surface area contributed by atoms with Crippen LogP contribution in [-0.4, -0.2) is 24.2 Å². The third-order valence-corrected chi connectivity index (χ3v) is 2.13. The molecule has 1 rings (SSSR count). The summed E-state index contributed by atoms with van der Waals surface area (Å²) in [6.45, 7) is 4.78. The zero-order valence-corrected chi connectivity index (χ0v) is 10.3. The van der Waals surface area contributed by atoms with Gasteiger partial charge in [-0.2, -0.15) is 0 Å². The van der Waals surface area contributed by atoms with Gasteiger partial charge in [0.05, 0.1) is 12.1 Å². The van der Waals surface area contributed by atoms with Gasteiger partial charge < -0.3 is 10.1 Å². The van der Waals surface area contributed by atoms with Gasteiger partial charge in [-0.15, -0.1) is 0 Å². The highest BCUT2D eigenvalue weighted by molar-refractivity contribution is 9.10. The molecule has 14 heavy (non-hydrogen) atoms. The largest absolute Gasteiger partial charge is 0.382 e. The van der Waals surface area contributed by atoms with Crippen molar-refractivity contribution in [1.29, 1.82) is 0 Å². The maximum Gasteiger partial charge on any atom is 0.127 e. The monoisotopic (exact) mass is 258 g/mol. The molecule has 0 radical (unpaired) electrons. The summed E-state index contributed by atoms with van der Waals surface area (Å²) in [4.78, 5) is 4.29. The maximum absolute atomic E-state index is 5.11. The van der Waals surface area contributed by atoms with Gasteiger partial charge in [0, 0.05) is 7.11 Å². The Morgan fingerprint density at radius 3 is 2.79 bits per heavy atom. The Morgan fingerprint density at radius 2 is 2.21 bits per heavy atom. The first-order chi connectivity index (χ1) is 6.53. The lowest BCUT2D eigenvalue weighted by atomic mass is 10.1. The minimum atomic E-state index is -0.109. The molecule has 0 saturated carbocycles. The molecule has 0 aliphatic rings. The average molecular weight is 259 g/mol. The van der Waals surface area contributed by atoms with Crippen molar-refractivity contribution in [2.45, 2.75) is 19.4 Å². The number of pyridine rings is 1. The molecule has 0 amide bonds. The van der Waals surface area contributed by atoms with Gasteiger partial charge in [0.2, 0.25) is 0 Å². The van der Waals surface area contributed by atoms with Gasteiger partial charge in [-0.3, -0.25) is 0 Å². The fourth-order valence-corrected chi connectivity index (χ4v) is 1.57. The van der Waals surface area contributed by atoms with Crippen molar-refractivity contribution in [2.75, 3.05) is 19.0 Å². The summed E-state index contributed by atoms with van der Waals surface area (Å²) in [5.41, 5.74) is -0.109. The normalized spacial score (nSPS) is 11.4. The van der Waals surface area contributed by atoms with Crippen LogP contribution in [0.4, 0.5) is 5.82 Å². The van der Waals surface area contributed by atoms with Crippen LogP contribution in [-0.2, 0) is 4.74 Å². The Bertz CT molecular complexity index is 302. The first-order valence-corrected chi connectivity index (χ1v) is 5.22. The summed E-state index contributed by atoms with van der Waals surface area (Å²) >= 11 is 3.33. The van der Waals surface area contributed by atoms with Crippen molar-refractivity contribution < 1.29 is 4.74 Å². The molecule has 1 N–H and O–H groups in total. The second-order valence-electron chi connectivity index (χ2n) is 3.79. The molecule has 0 aromatic carbocycles. The number of hydrogen-bond acceptors (Lipinski definition) is 3. The molecule has 0 spiro atoms. The Labute approximate surface area is 93.0 Å². The number of anilines is 1. The first kappa shape index (κ1) is 11.5. The standard InChI is InChI=1S/C10H15BrN2O/c1-10(2,7-14-3)13-9-6-4-5-8(11)12-9/h4-6H,7H2,1-3H3,(H,12,13). The molecule has 3 nitrogen and oxygen atoms in total. The highest BCUT2D eigenvalue weighted by Crippen LogP contribution is 2.15. The zero-order valence-electron chi connectivity index (χ0n) is 8.67. The molecule has 0 unspecified atom stereocenters. The van der Waals surface area contributed by atoms with Gasteiger partial charge in [-0.25, -0.2) is 4.98 Å². The molecule has 0 bridgehead atoms. The van der Waals surface area contributed by atoms with E-state index in [0.29, 0.717) is 6.61 Å². The van der Waals surface area contributed by atoms with Crippen molar-refractivity contribution in [2.24, 2.45) is 0 Å². The molecule has 0 fully saturated rings. The number of rotatable bonds is 4. The molecule has 1 heterocycles. The van der Waals surface area contributed by atoms with Gasteiger partial charge >= 0.3 is 0 Å². The van der Waals surface area contributed by atoms with Crippen molar-refractivity contribution in [3.8, 4) is 0 Å². The molecule has 0 aliphatic heterocycles. The molecule has 0 atom stereocenters. The van der Waals surface area contributed by atoms with E-state index in [4.69, 9.17) is 4.74 Å². The lowest BCUT2D eigenvalue weighted by Crippen LogP contribution is -2.36. The van der Waals surface area contributed by atoms with Crippen LogP contribution < -0.4 is 5.32 Å². The third-order valence-electron chi connectivity index (χ3n) is 1.69. The summed E-state index contributed by atoms with van der Waals surface area (Å²) in [7, 11) is 1.69. The first-order valence-electron chi connectivity index (χ1n) is 4.43. The van der Waals surface area contributed by atoms with Crippen LogP contribution in [0.25, 0.3) is 0 Å². The van der Waals surface area contributed by atoms with Crippen LogP contribution in [0.3, 0.4) is 0 Å². The summed E-state index contributed by atoms with van der Waals surface area (Å²) in [6, 6.07) is 5.78. The van der Waals surface area contributed by atoms with Crippen molar-refractivity contribution in [3.05, 3.63) is 22.8 Å². The molecule has 1 aromatic rings. The number of hydrogen-bond donors (Lipinski definition) is 1. The Kier molecular flexibility index (Phi) is 3.89. The Hall–Kier alpha value is -0.610. The van der Waals surface area contributed by atoms with Crippen LogP contribution in [0, 0.1) is 0 Å². The van der Waals surface area contributed by atoms with Gasteiger partial charge in [-0.05, 0) is 41.9 Å². The second kappa shape index (κ2) is 4.75. The van der Waals surface area contributed by atoms with E-state index in [1.165, 1.54) is 0 Å². The Balaban J connectivity index is 2.68. The number of nitrogens with zero attached hydrogens (tertiary/aromatic N) is 1. The number of nitrogens with one attached hydrogen (secondary N) is 1. The number of methoxy groups -OCH3 is 1. The smallest absolute Gasteiger partial charge is 0.127 e. The van der Waals surface area contributed by atoms with Crippen molar-refractivity contribution in [3.63, 3.8) is 0 Å². The molecule has 0 aliphatic carbocycles. The van der Waals surface area contributed by atoms with E-state index in [9.17, 15) is 0 Å². The molecular formula is C10H15BrN2O. The maximum atomic E-state index is 5.11. The molecule has 78 valence electrons. The van der Waals surface area contributed by atoms with Gasteiger partial charge in [0.1, 0.15) is 10.4 Å². The van der Waals surface area contributed by atoms with E-state index in [1.807, 2.05) is 18.2 Å². The average Bonchev–Trinajstić information content (AvgIpc) is 2.02. The summed E-state index contributed by atoms with van der Waals surface area (Å²) in [6.07, 6.45) is 0. The third kappa shape index (κ3) is 3.64. The van der Waals surface area contributed by atoms with Crippen LogP contribution in [0.1, 0.15) is 13.8 Å². The number of aromatic nitrogens is 1. The fourth-order valence-electron chi connectivity index (χ4n) is 1.22. The fraction of sp³-hybridized carbons (Fsp3) is 0.500. The molecule has 0 saturated heterocycles. The van der Waals surface area contributed by atoms with Crippen LogP contribution in [0.15, 0.2) is 22.8 Å². The highest BCUT2D eigenvalue weighted by atomic mass is 79.9. The van der Waals surface area contributed by atoms with Gasteiger partial charge in [0.25, 0.3) is 0 Å². The summed E-state index contributed by atoms with van der Waals surface area (Å²) < 4.78 is 5.94. The number of halogens is 1. The van der Waals surface area contributed by atoms with Crippen molar-refractivity contribution in [1.82, 2.24) is 4.98 Å². The lowest BCUT2D eigenvalue weighted by molar-refractivity contribution is 0.158. The highest BCUT2D eigenvalue weighted by Gasteiger charge is 2.17. The molecular weight excluding hydrogens is 244 g/mol. The van der Waals surface area contributed by atoms with Crippen LogP contribution in [0.2, 0.25) is 0 Å². The molecule has 4 heteroatoms. The van der Waals surface area contributed by atoms with Crippen LogP contribution >= 0.6 is 15.9 Å². The van der Waals surface area contributed by atoms with E-state index < -0.39 is 0 Å². The topological polar surface area (TPSA) is 34.1 Å². The minimum absolute atomic E-state index is 0.109. The molecule has 1 aromatic heterocycles. The van der Waals surface area contributed by atoms with E-state index in [2.05, 4.69) is 40.1 Å². The van der Waals surface area contributed by atoms with E-state index in [1.54, 1.807) is 7.11 Å². The predicted molar refractivity (Wildman–Crippen MR) is 61.5 cm³/mol. The second-order valence-corrected chi connectivity index (χ2v) is 4.60. The lowest BCUT2D eigenvalue weighted by Gasteiger charge is -2.25. The minimum Gasteiger partial charge on any atom is -0.382 e. The quantitative estimate of drug-likeness (QED) is 0.844. The van der Waals surface area contributed by atoms with E-state index in [0.717, 1.165) is 10.4 Å². The summed E-state index contributed by atoms with van der Waals surface area (Å²) in [5.74, 6) is 0.849. The SMILES string of the molecule is COCC(C)(C)Nc1cccc(Br)n1. The van der Waals surface area contributed by atoms with Gasteiger partial charge in [-0.1, -0.05) is 6.07 Å². The van der Waals surface area contributed by atoms with E-state index in [-0.39, 0.29) is 5.54 Å². The van der Waals surface area contributed by atoms with Crippen LogP contribution in [0.5, 0.6) is 0 Å². The van der Waals surface area contributed by atoms with Gasteiger partial charge in [0.15, 0.2) is 0 Å². The van der Waals surface area contributed by atoms with E-state index >= 15 is 0 Å². The number of ether oxygens (including phenoxy) is 1. The summed E-state index contributed by atoms with van der Waals surface area (Å²) in [5, 5.41) is 3.29. The Morgan fingerprint density at radius 1 is 1.50 bits per heavy atom. The zero-order chi connectivity index (χ0) is 10.6. The van der Waals surface area contributed by atoms with Crippen molar-refractivity contribution >= 4 is 21.7 Å². The predicted octanol–water partition coefficient (Wildman–Crippen LogP) is 2.68.